The number of sulfonamides is 1. The number of aromatic nitrogens is 1. The van der Waals surface area contributed by atoms with Gasteiger partial charge in [-0.25, -0.2) is 18.1 Å². The lowest BCUT2D eigenvalue weighted by atomic mass is 10.3. The van der Waals surface area contributed by atoms with E-state index in [0.29, 0.717) is 21.4 Å². The Balaban J connectivity index is 2.26. The Kier molecular flexibility index (Phi) is 4.26. The number of rotatable bonds is 4. The zero-order chi connectivity index (χ0) is 15.6. The van der Waals surface area contributed by atoms with Crippen LogP contribution in [-0.4, -0.2) is 26.4 Å². The van der Waals surface area contributed by atoms with Crippen LogP contribution in [0.3, 0.4) is 0 Å². The van der Waals surface area contributed by atoms with Crippen molar-refractivity contribution >= 4 is 38.1 Å². The molecule has 112 valence electrons. The van der Waals surface area contributed by atoms with Crippen LogP contribution in [0.5, 0.6) is 0 Å². The lowest BCUT2D eigenvalue weighted by molar-refractivity contribution is 0.103. The summed E-state index contributed by atoms with van der Waals surface area (Å²) in [5.74, 6) is -0.374. The Morgan fingerprint density at radius 3 is 2.67 bits per heavy atom. The first-order valence-electron chi connectivity index (χ1n) is 5.91. The standard InChI is InChI=1S/C12H14N4O3S2/c1-7-10(20-12(13)15-7)11(17)16-8-4-3-5-9(6-8)21(18,19)14-2/h3-6,14H,1-2H3,(H2,13,15)(H,16,17). The Bertz CT molecular complexity index is 784. The maximum Gasteiger partial charge on any atom is 0.267 e. The van der Waals surface area contributed by atoms with Crippen LogP contribution >= 0.6 is 11.3 Å². The molecule has 0 fully saturated rings. The fourth-order valence-electron chi connectivity index (χ4n) is 1.67. The number of carbonyl (C=O) groups excluding carboxylic acids is 1. The van der Waals surface area contributed by atoms with E-state index in [-0.39, 0.29) is 10.8 Å². The molecule has 1 amide bonds. The van der Waals surface area contributed by atoms with Gasteiger partial charge < -0.3 is 11.1 Å². The molecule has 0 aliphatic rings. The highest BCUT2D eigenvalue weighted by molar-refractivity contribution is 7.89. The number of carbonyl (C=O) groups is 1. The van der Waals surface area contributed by atoms with Crippen molar-refractivity contribution in [3.63, 3.8) is 0 Å². The minimum Gasteiger partial charge on any atom is -0.375 e. The Morgan fingerprint density at radius 2 is 2.10 bits per heavy atom. The van der Waals surface area contributed by atoms with E-state index >= 15 is 0 Å². The number of hydrogen-bond acceptors (Lipinski definition) is 6. The molecule has 21 heavy (non-hydrogen) atoms. The smallest absolute Gasteiger partial charge is 0.267 e. The normalized spacial score (nSPS) is 11.3. The van der Waals surface area contributed by atoms with Gasteiger partial charge in [0.25, 0.3) is 5.91 Å². The van der Waals surface area contributed by atoms with E-state index in [0.717, 1.165) is 11.3 Å². The fourth-order valence-corrected chi connectivity index (χ4v) is 3.18. The second kappa shape index (κ2) is 5.80. The molecule has 7 nitrogen and oxygen atoms in total. The largest absolute Gasteiger partial charge is 0.375 e. The van der Waals surface area contributed by atoms with E-state index in [2.05, 4.69) is 15.0 Å². The topological polar surface area (TPSA) is 114 Å². The molecule has 2 rings (SSSR count). The molecule has 2 aromatic rings. The van der Waals surface area contributed by atoms with Crippen molar-refractivity contribution < 1.29 is 13.2 Å². The maximum atomic E-state index is 12.1. The van der Waals surface area contributed by atoms with Crippen LogP contribution in [0.1, 0.15) is 15.4 Å². The third-order valence-corrected chi connectivity index (χ3v) is 5.09. The Hall–Kier alpha value is -1.97. The van der Waals surface area contributed by atoms with Crippen molar-refractivity contribution in [2.45, 2.75) is 11.8 Å². The van der Waals surface area contributed by atoms with Crippen molar-refractivity contribution in [3.05, 3.63) is 34.8 Å². The lowest BCUT2D eigenvalue weighted by Gasteiger charge is -2.07. The number of nitrogens with two attached hydrogens (primary N) is 1. The number of nitrogen functional groups attached to an aromatic ring is 1. The molecule has 0 saturated carbocycles. The Labute approximate surface area is 126 Å². The summed E-state index contributed by atoms with van der Waals surface area (Å²) in [4.78, 5) is 16.6. The average Bonchev–Trinajstić information content (AvgIpc) is 2.78. The fraction of sp³-hybridized carbons (Fsp3) is 0.167. The summed E-state index contributed by atoms with van der Waals surface area (Å²) in [5, 5.41) is 2.94. The molecular weight excluding hydrogens is 312 g/mol. The molecule has 0 bridgehead atoms. The van der Waals surface area contributed by atoms with Crippen molar-refractivity contribution in [1.82, 2.24) is 9.71 Å². The SMILES string of the molecule is CNS(=O)(=O)c1cccc(NC(=O)c2sc(N)nc2C)c1. The van der Waals surface area contributed by atoms with Gasteiger partial charge in [-0.05, 0) is 32.2 Å². The highest BCUT2D eigenvalue weighted by Gasteiger charge is 2.16. The summed E-state index contributed by atoms with van der Waals surface area (Å²) in [7, 11) is -2.23. The number of aryl methyl sites for hydroxylation is 1. The summed E-state index contributed by atoms with van der Waals surface area (Å²) < 4.78 is 25.7. The monoisotopic (exact) mass is 326 g/mol. The second-order valence-electron chi connectivity index (χ2n) is 4.16. The number of amides is 1. The quantitative estimate of drug-likeness (QED) is 0.781. The molecule has 0 aliphatic heterocycles. The number of hydrogen-bond donors (Lipinski definition) is 3. The van der Waals surface area contributed by atoms with Crippen LogP contribution in [0.4, 0.5) is 10.8 Å². The highest BCUT2D eigenvalue weighted by atomic mass is 32.2. The third kappa shape index (κ3) is 3.38. The van der Waals surface area contributed by atoms with E-state index in [1.54, 1.807) is 19.1 Å². The minimum absolute atomic E-state index is 0.0725. The van der Waals surface area contributed by atoms with E-state index < -0.39 is 10.0 Å². The zero-order valence-corrected chi connectivity index (χ0v) is 13.0. The van der Waals surface area contributed by atoms with Crippen LogP contribution in [0.15, 0.2) is 29.2 Å². The molecule has 1 heterocycles. The summed E-state index contributed by atoms with van der Waals surface area (Å²) >= 11 is 1.08. The van der Waals surface area contributed by atoms with Crippen LogP contribution in [0, 0.1) is 6.92 Å². The molecular formula is C12H14N4O3S2. The number of nitrogens with one attached hydrogen (secondary N) is 2. The summed E-state index contributed by atoms with van der Waals surface area (Å²) in [5.41, 5.74) is 6.46. The van der Waals surface area contributed by atoms with Crippen molar-refractivity contribution in [2.75, 3.05) is 18.1 Å². The molecule has 0 saturated heterocycles. The van der Waals surface area contributed by atoms with Gasteiger partial charge in [-0.3, -0.25) is 4.79 Å². The lowest BCUT2D eigenvalue weighted by Crippen LogP contribution is -2.19. The average molecular weight is 326 g/mol. The summed E-state index contributed by atoms with van der Waals surface area (Å²) in [6.07, 6.45) is 0. The van der Waals surface area contributed by atoms with E-state index in [9.17, 15) is 13.2 Å². The van der Waals surface area contributed by atoms with Gasteiger partial charge in [-0.15, -0.1) is 0 Å². The van der Waals surface area contributed by atoms with Crippen LogP contribution < -0.4 is 15.8 Å². The maximum absolute atomic E-state index is 12.1. The molecule has 1 aromatic carbocycles. The summed E-state index contributed by atoms with van der Waals surface area (Å²) in [6, 6.07) is 5.97. The molecule has 9 heteroatoms. The minimum atomic E-state index is -3.56. The van der Waals surface area contributed by atoms with Gasteiger partial charge in [0.15, 0.2) is 5.13 Å². The van der Waals surface area contributed by atoms with E-state index in [4.69, 9.17) is 5.73 Å². The van der Waals surface area contributed by atoms with Crippen molar-refractivity contribution in [2.24, 2.45) is 0 Å². The predicted molar refractivity (Wildman–Crippen MR) is 81.9 cm³/mol. The molecule has 0 atom stereocenters. The number of benzene rings is 1. The van der Waals surface area contributed by atoms with Gasteiger partial charge >= 0.3 is 0 Å². The predicted octanol–water partition coefficient (Wildman–Crippen LogP) is 1.19. The molecule has 0 aliphatic carbocycles. The Morgan fingerprint density at radius 1 is 1.38 bits per heavy atom. The van der Waals surface area contributed by atoms with Gasteiger partial charge in [0.2, 0.25) is 10.0 Å². The third-order valence-electron chi connectivity index (χ3n) is 2.69. The molecule has 1 aromatic heterocycles. The number of anilines is 2. The van der Waals surface area contributed by atoms with Crippen molar-refractivity contribution in [1.29, 1.82) is 0 Å². The molecule has 4 N–H and O–H groups in total. The van der Waals surface area contributed by atoms with Gasteiger partial charge in [0.1, 0.15) is 4.88 Å². The van der Waals surface area contributed by atoms with Gasteiger partial charge in [0, 0.05) is 5.69 Å². The number of nitrogens with zero attached hydrogens (tertiary/aromatic N) is 1. The first kappa shape index (κ1) is 15.4. The second-order valence-corrected chi connectivity index (χ2v) is 7.07. The first-order chi connectivity index (χ1) is 9.83. The molecule has 0 spiro atoms. The van der Waals surface area contributed by atoms with E-state index in [1.807, 2.05) is 0 Å². The van der Waals surface area contributed by atoms with Gasteiger partial charge in [0.05, 0.1) is 10.6 Å². The molecule has 0 radical (unpaired) electrons. The zero-order valence-electron chi connectivity index (χ0n) is 11.4. The summed E-state index contributed by atoms with van der Waals surface area (Å²) in [6.45, 7) is 1.68. The van der Waals surface area contributed by atoms with Gasteiger partial charge in [-0.2, -0.15) is 0 Å². The van der Waals surface area contributed by atoms with Crippen molar-refractivity contribution in [3.8, 4) is 0 Å². The first-order valence-corrected chi connectivity index (χ1v) is 8.21. The van der Waals surface area contributed by atoms with Crippen LogP contribution in [0.25, 0.3) is 0 Å². The molecule has 0 unspecified atom stereocenters. The van der Waals surface area contributed by atoms with E-state index in [1.165, 1.54) is 19.2 Å². The van der Waals surface area contributed by atoms with Crippen LogP contribution in [0.2, 0.25) is 0 Å². The number of thiazole rings is 1. The highest BCUT2D eigenvalue weighted by Crippen LogP contribution is 2.22. The van der Waals surface area contributed by atoms with Crippen LogP contribution in [-0.2, 0) is 10.0 Å². The van der Waals surface area contributed by atoms with Gasteiger partial charge in [-0.1, -0.05) is 17.4 Å².